The van der Waals surface area contributed by atoms with Crippen molar-refractivity contribution in [3.8, 4) is 11.1 Å². The van der Waals surface area contributed by atoms with Crippen LogP contribution in [0, 0.1) is 0 Å². The molecule has 2 amide bonds. The van der Waals surface area contributed by atoms with Crippen molar-refractivity contribution in [2.24, 2.45) is 0 Å². The van der Waals surface area contributed by atoms with Gasteiger partial charge in [-0.05, 0) is 46.9 Å². The van der Waals surface area contributed by atoms with Gasteiger partial charge in [0.25, 0.3) is 0 Å². The third-order valence-corrected chi connectivity index (χ3v) is 6.06. The second-order valence-electron chi connectivity index (χ2n) is 7.94. The topological polar surface area (TPSA) is 65.4 Å². The fourth-order valence-electron chi connectivity index (χ4n) is 4.37. The highest BCUT2D eigenvalue weighted by Crippen LogP contribution is 2.28. The minimum atomic E-state index is -0.0648. The zero-order valence-corrected chi connectivity index (χ0v) is 16.9. The smallest absolute Gasteiger partial charge is 0.322 e. The fraction of sp³-hybridized carbons (Fsp3) is 0.120. The lowest BCUT2D eigenvalue weighted by Crippen LogP contribution is -2.38. The molecule has 6 heteroatoms. The van der Waals surface area contributed by atoms with Gasteiger partial charge < -0.3 is 19.6 Å². The lowest BCUT2D eigenvalue weighted by Gasteiger charge is -2.29. The first-order valence-corrected chi connectivity index (χ1v) is 10.4. The minimum absolute atomic E-state index is 0.0648. The number of amides is 2. The summed E-state index contributed by atoms with van der Waals surface area (Å²) in [5.74, 6) is 0. The number of para-hydroxylation sites is 1. The van der Waals surface area contributed by atoms with Crippen molar-refractivity contribution in [2.75, 3.05) is 11.9 Å². The van der Waals surface area contributed by atoms with E-state index < -0.39 is 0 Å². The number of H-pyrrole nitrogens is 1. The van der Waals surface area contributed by atoms with E-state index in [0.717, 1.165) is 34.2 Å². The van der Waals surface area contributed by atoms with Crippen LogP contribution in [0.5, 0.6) is 0 Å². The van der Waals surface area contributed by atoms with Gasteiger partial charge in [0.05, 0.1) is 5.69 Å². The third kappa shape index (κ3) is 3.13. The highest BCUT2D eigenvalue weighted by atomic mass is 16.2. The monoisotopic (exact) mass is 407 g/mol. The first-order chi connectivity index (χ1) is 15.2. The third-order valence-electron chi connectivity index (χ3n) is 6.06. The van der Waals surface area contributed by atoms with Crippen molar-refractivity contribution in [3.05, 3.63) is 90.5 Å². The molecule has 0 atom stereocenters. The molecule has 0 aliphatic carbocycles. The Bertz CT molecular complexity index is 1430. The number of aromatic amines is 1. The molecule has 0 radical (unpaired) electrons. The van der Waals surface area contributed by atoms with E-state index in [1.165, 1.54) is 16.7 Å². The molecule has 0 bridgehead atoms. The van der Waals surface area contributed by atoms with Gasteiger partial charge in [0.1, 0.15) is 5.65 Å². The highest BCUT2D eigenvalue weighted by Gasteiger charge is 2.22. The Balaban J connectivity index is 1.21. The summed E-state index contributed by atoms with van der Waals surface area (Å²) in [5.41, 5.74) is 7.63. The van der Waals surface area contributed by atoms with Crippen molar-refractivity contribution >= 4 is 28.3 Å². The predicted octanol–water partition coefficient (Wildman–Crippen LogP) is 5.07. The maximum atomic E-state index is 12.9. The summed E-state index contributed by atoms with van der Waals surface area (Å²) < 4.78 is 2.03. The molecule has 1 aliphatic rings. The van der Waals surface area contributed by atoms with Gasteiger partial charge in [-0.15, -0.1) is 0 Å². The van der Waals surface area contributed by atoms with Gasteiger partial charge in [-0.1, -0.05) is 36.4 Å². The molecule has 5 aromatic rings. The summed E-state index contributed by atoms with van der Waals surface area (Å²) in [6.07, 6.45) is 8.57. The number of anilines is 1. The molecule has 6 nitrogen and oxygen atoms in total. The van der Waals surface area contributed by atoms with E-state index in [1.807, 2.05) is 58.2 Å². The summed E-state index contributed by atoms with van der Waals surface area (Å²) in [6, 6.07) is 18.6. The van der Waals surface area contributed by atoms with Crippen molar-refractivity contribution in [3.63, 3.8) is 0 Å². The average molecular weight is 407 g/mol. The van der Waals surface area contributed by atoms with Crippen LogP contribution in [0.1, 0.15) is 11.1 Å². The minimum Gasteiger partial charge on any atom is -0.359 e. The molecule has 0 spiro atoms. The quantitative estimate of drug-likeness (QED) is 0.429. The number of rotatable bonds is 2. The molecule has 0 fully saturated rings. The maximum absolute atomic E-state index is 12.9. The van der Waals surface area contributed by atoms with Crippen LogP contribution >= 0.6 is 0 Å². The van der Waals surface area contributed by atoms with Crippen molar-refractivity contribution < 1.29 is 4.79 Å². The lowest BCUT2D eigenvalue weighted by molar-refractivity contribution is 0.206. The van der Waals surface area contributed by atoms with Crippen LogP contribution in [0.4, 0.5) is 10.5 Å². The number of aromatic nitrogens is 3. The fourth-order valence-corrected chi connectivity index (χ4v) is 4.37. The van der Waals surface area contributed by atoms with Gasteiger partial charge in [0.15, 0.2) is 0 Å². The lowest BCUT2D eigenvalue weighted by atomic mass is 9.95. The first kappa shape index (κ1) is 17.8. The largest absolute Gasteiger partial charge is 0.359 e. The standard InChI is InChI=1S/C25H21N5O/c31-25(28-23-14-27-22-4-2-1-3-21(22)23)30-11-9-18-13-17(5-6-19(18)16-30)20-7-8-24-26-10-12-29(24)15-20/h1-8,10,12-15,27H,9,11,16H2,(H,28,31). The van der Waals surface area contributed by atoms with Gasteiger partial charge in [0, 0.05) is 48.8 Å². The number of carbonyl (C=O) groups is 1. The number of carbonyl (C=O) groups excluding carboxylic acids is 1. The summed E-state index contributed by atoms with van der Waals surface area (Å²) >= 11 is 0. The van der Waals surface area contributed by atoms with Gasteiger partial charge in [-0.25, -0.2) is 9.78 Å². The number of urea groups is 1. The number of pyridine rings is 1. The zero-order valence-electron chi connectivity index (χ0n) is 16.9. The molecule has 1 aliphatic heterocycles. The SMILES string of the molecule is O=C(Nc1c[nH]c2ccccc12)N1CCc2cc(-c3ccc4nccn4c3)ccc2C1. The second-order valence-corrected chi connectivity index (χ2v) is 7.94. The highest BCUT2D eigenvalue weighted by molar-refractivity contribution is 6.01. The van der Waals surface area contributed by atoms with E-state index >= 15 is 0 Å². The Kier molecular flexibility index (Phi) is 4.02. The molecule has 2 N–H and O–H groups in total. The van der Waals surface area contributed by atoms with E-state index in [4.69, 9.17) is 0 Å². The Morgan fingerprint density at radius 2 is 1.94 bits per heavy atom. The van der Waals surface area contributed by atoms with Crippen LogP contribution in [0.3, 0.4) is 0 Å². The summed E-state index contributed by atoms with van der Waals surface area (Å²) in [5, 5.41) is 4.09. The molecule has 6 rings (SSSR count). The molecule has 3 aromatic heterocycles. The van der Waals surface area contributed by atoms with E-state index in [-0.39, 0.29) is 6.03 Å². The number of hydrogen-bond donors (Lipinski definition) is 2. The van der Waals surface area contributed by atoms with Crippen LogP contribution in [-0.2, 0) is 13.0 Å². The van der Waals surface area contributed by atoms with Crippen LogP contribution in [-0.4, -0.2) is 31.8 Å². The first-order valence-electron chi connectivity index (χ1n) is 10.4. The molecule has 0 unspecified atom stereocenters. The molecule has 2 aromatic carbocycles. The van der Waals surface area contributed by atoms with Crippen molar-refractivity contribution in [1.29, 1.82) is 0 Å². The second kappa shape index (κ2) is 7.02. The number of nitrogens with one attached hydrogen (secondary N) is 2. The number of benzene rings is 2. The normalized spacial score (nSPS) is 13.5. The summed E-state index contributed by atoms with van der Waals surface area (Å²) in [4.78, 5) is 22.3. The Morgan fingerprint density at radius 1 is 1.03 bits per heavy atom. The molecular weight excluding hydrogens is 386 g/mol. The van der Waals surface area contributed by atoms with Crippen molar-refractivity contribution in [2.45, 2.75) is 13.0 Å². The molecule has 0 saturated carbocycles. The molecule has 31 heavy (non-hydrogen) atoms. The number of hydrogen-bond acceptors (Lipinski definition) is 2. The molecule has 0 saturated heterocycles. The maximum Gasteiger partial charge on any atom is 0.322 e. The Labute approximate surface area is 179 Å². The van der Waals surface area contributed by atoms with Crippen LogP contribution < -0.4 is 5.32 Å². The van der Waals surface area contributed by atoms with E-state index in [9.17, 15) is 4.79 Å². The van der Waals surface area contributed by atoms with Gasteiger partial charge in [-0.2, -0.15) is 0 Å². The zero-order chi connectivity index (χ0) is 20.8. The van der Waals surface area contributed by atoms with Crippen LogP contribution in [0.15, 0.2) is 79.4 Å². The predicted molar refractivity (Wildman–Crippen MR) is 122 cm³/mol. The van der Waals surface area contributed by atoms with Gasteiger partial charge in [-0.3, -0.25) is 0 Å². The number of nitrogens with zero attached hydrogens (tertiary/aromatic N) is 3. The number of imidazole rings is 1. The van der Waals surface area contributed by atoms with Crippen LogP contribution in [0.2, 0.25) is 0 Å². The molecular formula is C25H21N5O. The van der Waals surface area contributed by atoms with Gasteiger partial charge >= 0.3 is 6.03 Å². The molecule has 152 valence electrons. The van der Waals surface area contributed by atoms with E-state index in [2.05, 4.69) is 45.7 Å². The Morgan fingerprint density at radius 3 is 2.90 bits per heavy atom. The Hall–Kier alpha value is -4.06. The number of fused-ring (bicyclic) bond motifs is 3. The van der Waals surface area contributed by atoms with Gasteiger partial charge in [0.2, 0.25) is 0 Å². The van der Waals surface area contributed by atoms with Crippen LogP contribution in [0.25, 0.3) is 27.7 Å². The summed E-state index contributed by atoms with van der Waals surface area (Å²) in [7, 11) is 0. The van der Waals surface area contributed by atoms with Crippen molar-refractivity contribution in [1.82, 2.24) is 19.3 Å². The van der Waals surface area contributed by atoms with E-state index in [0.29, 0.717) is 13.1 Å². The molecule has 4 heterocycles. The average Bonchev–Trinajstić information content (AvgIpc) is 3.45. The summed E-state index contributed by atoms with van der Waals surface area (Å²) in [6.45, 7) is 1.32. The van der Waals surface area contributed by atoms with E-state index in [1.54, 1.807) is 0 Å².